The molecule has 0 radical (unpaired) electrons. The maximum absolute atomic E-state index is 12.4. The number of nitrogens with zero attached hydrogens (tertiary/aromatic N) is 2. The molecular weight excluding hydrogens is 364 g/mol. The standard InChI is InChI=1S/C23H36N4O2/c1-26(2)20-13-11-18(12-14-20)21(27-15-7-8-16-27)17-24-22(28)23(29)25-19-9-5-3-4-6-10-19/h11-14,19,21H,3-10,15-17H2,1-2H3,(H,24,28)(H,25,29)/t21-/m0/s1. The van der Waals surface area contributed by atoms with E-state index in [2.05, 4.69) is 44.7 Å². The summed E-state index contributed by atoms with van der Waals surface area (Å²) in [7, 11) is 4.06. The summed E-state index contributed by atoms with van der Waals surface area (Å²) < 4.78 is 0. The summed E-state index contributed by atoms with van der Waals surface area (Å²) in [5.74, 6) is -0.997. The third-order valence-electron chi connectivity index (χ3n) is 6.23. The van der Waals surface area contributed by atoms with Crippen molar-refractivity contribution in [2.75, 3.05) is 38.6 Å². The lowest BCUT2D eigenvalue weighted by molar-refractivity contribution is -0.139. The van der Waals surface area contributed by atoms with E-state index in [1.165, 1.54) is 31.2 Å². The van der Waals surface area contributed by atoms with Gasteiger partial charge in [0.15, 0.2) is 0 Å². The molecule has 1 aliphatic carbocycles. The van der Waals surface area contributed by atoms with Gasteiger partial charge in [0.1, 0.15) is 0 Å². The van der Waals surface area contributed by atoms with Crippen LogP contribution in [-0.2, 0) is 9.59 Å². The number of carbonyl (C=O) groups excluding carboxylic acids is 2. The number of hydrogen-bond acceptors (Lipinski definition) is 4. The Morgan fingerprint density at radius 2 is 1.59 bits per heavy atom. The third-order valence-corrected chi connectivity index (χ3v) is 6.23. The van der Waals surface area contributed by atoms with Gasteiger partial charge in [-0.2, -0.15) is 0 Å². The van der Waals surface area contributed by atoms with E-state index in [0.29, 0.717) is 6.54 Å². The molecule has 3 rings (SSSR count). The van der Waals surface area contributed by atoms with Gasteiger partial charge in [-0.25, -0.2) is 0 Å². The number of benzene rings is 1. The maximum Gasteiger partial charge on any atom is 0.309 e. The van der Waals surface area contributed by atoms with E-state index in [9.17, 15) is 9.59 Å². The number of anilines is 1. The average molecular weight is 401 g/mol. The highest BCUT2D eigenvalue weighted by Crippen LogP contribution is 2.26. The van der Waals surface area contributed by atoms with E-state index in [-0.39, 0.29) is 12.1 Å². The summed E-state index contributed by atoms with van der Waals surface area (Å²) in [5.41, 5.74) is 2.34. The van der Waals surface area contributed by atoms with Crippen LogP contribution < -0.4 is 15.5 Å². The van der Waals surface area contributed by atoms with E-state index in [1.807, 2.05) is 14.1 Å². The summed E-state index contributed by atoms with van der Waals surface area (Å²) in [6.07, 6.45) is 9.04. The van der Waals surface area contributed by atoms with Crippen molar-refractivity contribution in [1.82, 2.24) is 15.5 Å². The van der Waals surface area contributed by atoms with Gasteiger partial charge in [0.25, 0.3) is 0 Å². The molecule has 6 heteroatoms. The maximum atomic E-state index is 12.4. The van der Waals surface area contributed by atoms with Gasteiger partial charge in [-0.3, -0.25) is 14.5 Å². The first-order valence-corrected chi connectivity index (χ1v) is 11.1. The van der Waals surface area contributed by atoms with Gasteiger partial charge in [0.2, 0.25) is 0 Å². The summed E-state index contributed by atoms with van der Waals surface area (Å²) >= 11 is 0. The minimum absolute atomic E-state index is 0.100. The monoisotopic (exact) mass is 400 g/mol. The molecule has 1 saturated carbocycles. The molecule has 160 valence electrons. The van der Waals surface area contributed by atoms with Crippen molar-refractivity contribution >= 4 is 17.5 Å². The molecule has 1 heterocycles. The van der Waals surface area contributed by atoms with Crippen LogP contribution in [0.4, 0.5) is 5.69 Å². The quantitative estimate of drug-likeness (QED) is 0.569. The summed E-state index contributed by atoms with van der Waals surface area (Å²) in [5, 5.41) is 5.84. The number of hydrogen-bond donors (Lipinski definition) is 2. The molecule has 1 aliphatic heterocycles. The molecule has 2 aliphatic rings. The number of carbonyl (C=O) groups is 2. The Balaban J connectivity index is 1.58. The van der Waals surface area contributed by atoms with Crippen molar-refractivity contribution in [3.63, 3.8) is 0 Å². The van der Waals surface area contributed by atoms with Crippen LogP contribution in [0.15, 0.2) is 24.3 Å². The predicted octanol–water partition coefficient (Wildman–Crippen LogP) is 2.84. The largest absolute Gasteiger partial charge is 0.378 e. The zero-order valence-corrected chi connectivity index (χ0v) is 18.0. The lowest BCUT2D eigenvalue weighted by Crippen LogP contribution is -2.46. The second kappa shape index (κ2) is 10.6. The number of likely N-dealkylation sites (tertiary alicyclic amines) is 1. The van der Waals surface area contributed by atoms with Crippen LogP contribution in [-0.4, -0.2) is 56.5 Å². The molecule has 2 N–H and O–H groups in total. The summed E-state index contributed by atoms with van der Waals surface area (Å²) in [6.45, 7) is 2.52. The van der Waals surface area contributed by atoms with Crippen LogP contribution >= 0.6 is 0 Å². The lowest BCUT2D eigenvalue weighted by atomic mass is 10.0. The van der Waals surface area contributed by atoms with E-state index in [0.717, 1.165) is 44.5 Å². The zero-order chi connectivity index (χ0) is 20.6. The number of rotatable bonds is 6. The average Bonchev–Trinajstić information content (AvgIpc) is 3.13. The summed E-state index contributed by atoms with van der Waals surface area (Å²) in [4.78, 5) is 29.3. The fraction of sp³-hybridized carbons (Fsp3) is 0.652. The summed E-state index contributed by atoms with van der Waals surface area (Å²) in [6, 6.07) is 8.73. The normalized spacial score (nSPS) is 19.4. The van der Waals surface area contributed by atoms with Crippen LogP contribution in [0.3, 0.4) is 0 Å². The molecule has 29 heavy (non-hydrogen) atoms. The van der Waals surface area contributed by atoms with Crippen LogP contribution in [0.2, 0.25) is 0 Å². The molecule has 0 spiro atoms. The SMILES string of the molecule is CN(C)c1ccc([C@H](CNC(=O)C(=O)NC2CCCCCC2)N2CCCC2)cc1. The highest BCUT2D eigenvalue weighted by molar-refractivity contribution is 6.35. The Hall–Kier alpha value is -2.08. The van der Waals surface area contributed by atoms with Gasteiger partial charge in [0.05, 0.1) is 6.04 Å². The molecule has 1 aromatic rings. The van der Waals surface area contributed by atoms with E-state index in [1.54, 1.807) is 0 Å². The van der Waals surface area contributed by atoms with E-state index in [4.69, 9.17) is 0 Å². The first kappa shape index (κ1) is 21.6. The Bertz CT molecular complexity index is 660. The van der Waals surface area contributed by atoms with Crippen LogP contribution in [0, 0.1) is 0 Å². The molecule has 0 bridgehead atoms. The molecule has 2 fully saturated rings. The van der Waals surface area contributed by atoms with Crippen LogP contribution in [0.1, 0.15) is 63.0 Å². The molecule has 1 saturated heterocycles. The van der Waals surface area contributed by atoms with Crippen molar-refractivity contribution in [2.45, 2.75) is 63.5 Å². The lowest BCUT2D eigenvalue weighted by Gasteiger charge is -2.28. The molecule has 2 amide bonds. The zero-order valence-electron chi connectivity index (χ0n) is 18.0. The van der Waals surface area contributed by atoms with Gasteiger partial charge in [0, 0.05) is 32.4 Å². The molecule has 0 aromatic heterocycles. The molecular formula is C23H36N4O2. The molecule has 1 aromatic carbocycles. The minimum atomic E-state index is -0.511. The second-order valence-electron chi connectivity index (χ2n) is 8.62. The molecule has 1 atom stereocenters. The van der Waals surface area contributed by atoms with Gasteiger partial charge in [-0.1, -0.05) is 37.8 Å². The van der Waals surface area contributed by atoms with Gasteiger partial charge in [-0.05, 0) is 56.5 Å². The molecule has 0 unspecified atom stereocenters. The smallest absolute Gasteiger partial charge is 0.309 e. The highest BCUT2D eigenvalue weighted by atomic mass is 16.2. The predicted molar refractivity (Wildman–Crippen MR) is 117 cm³/mol. The van der Waals surface area contributed by atoms with Crippen molar-refractivity contribution < 1.29 is 9.59 Å². The Kier molecular flexibility index (Phi) is 7.92. The van der Waals surface area contributed by atoms with Crippen LogP contribution in [0.25, 0.3) is 0 Å². The van der Waals surface area contributed by atoms with E-state index < -0.39 is 11.8 Å². The number of amides is 2. The fourth-order valence-corrected chi connectivity index (χ4v) is 4.45. The van der Waals surface area contributed by atoms with Gasteiger partial charge < -0.3 is 15.5 Å². The fourth-order valence-electron chi connectivity index (χ4n) is 4.45. The Morgan fingerprint density at radius 1 is 0.966 bits per heavy atom. The van der Waals surface area contributed by atoms with E-state index >= 15 is 0 Å². The Labute approximate surface area is 175 Å². The topological polar surface area (TPSA) is 64.7 Å². The van der Waals surface area contributed by atoms with Gasteiger partial charge >= 0.3 is 11.8 Å². The van der Waals surface area contributed by atoms with Crippen molar-refractivity contribution in [3.05, 3.63) is 29.8 Å². The first-order valence-electron chi connectivity index (χ1n) is 11.1. The highest BCUT2D eigenvalue weighted by Gasteiger charge is 2.26. The second-order valence-corrected chi connectivity index (χ2v) is 8.62. The molecule has 6 nitrogen and oxygen atoms in total. The van der Waals surface area contributed by atoms with Gasteiger partial charge in [-0.15, -0.1) is 0 Å². The van der Waals surface area contributed by atoms with Crippen molar-refractivity contribution in [1.29, 1.82) is 0 Å². The number of nitrogens with one attached hydrogen (secondary N) is 2. The van der Waals surface area contributed by atoms with Crippen molar-refractivity contribution in [3.8, 4) is 0 Å². The minimum Gasteiger partial charge on any atom is -0.378 e. The third kappa shape index (κ3) is 6.20. The Morgan fingerprint density at radius 3 is 2.17 bits per heavy atom. The van der Waals surface area contributed by atoms with Crippen molar-refractivity contribution in [2.24, 2.45) is 0 Å². The van der Waals surface area contributed by atoms with Crippen LogP contribution in [0.5, 0.6) is 0 Å². The first-order chi connectivity index (χ1) is 14.0.